The van der Waals surface area contributed by atoms with Gasteiger partial charge in [0.1, 0.15) is 0 Å². The van der Waals surface area contributed by atoms with Crippen molar-refractivity contribution in [1.29, 1.82) is 0 Å². The highest BCUT2D eigenvalue weighted by Crippen LogP contribution is 2.53. The molecule has 0 spiro atoms. The minimum atomic E-state index is -0.539. The van der Waals surface area contributed by atoms with Crippen molar-refractivity contribution in [3.63, 3.8) is 0 Å². The van der Waals surface area contributed by atoms with Crippen molar-refractivity contribution in [2.45, 2.75) is 19.3 Å². The van der Waals surface area contributed by atoms with Gasteiger partial charge in [0.15, 0.2) is 0 Å². The first-order valence-corrected chi connectivity index (χ1v) is 17.9. The summed E-state index contributed by atoms with van der Waals surface area (Å²) in [5, 5.41) is 3.48. The molecule has 250 valence electrons. The molecule has 0 saturated heterocycles. The van der Waals surface area contributed by atoms with E-state index in [9.17, 15) is 4.11 Å². The van der Waals surface area contributed by atoms with Gasteiger partial charge in [-0.05, 0) is 105 Å². The Balaban J connectivity index is 1.12. The van der Waals surface area contributed by atoms with Crippen LogP contribution in [0.3, 0.4) is 0 Å². The summed E-state index contributed by atoms with van der Waals surface area (Å²) in [5.41, 5.74) is 10.2. The molecule has 1 aliphatic carbocycles. The summed E-state index contributed by atoms with van der Waals surface area (Å²) in [5.74, 6) is 0. The van der Waals surface area contributed by atoms with E-state index in [1.165, 1.54) is 0 Å². The fourth-order valence-corrected chi connectivity index (χ4v) is 8.67. The Kier molecular flexibility index (Phi) is 4.86. The largest absolute Gasteiger partial charge is 0.309 e. The molecule has 0 bridgehead atoms. The third-order valence-electron chi connectivity index (χ3n) is 11.1. The Morgan fingerprint density at radius 3 is 1.92 bits per heavy atom. The zero-order valence-corrected chi connectivity index (χ0v) is 29.1. The maximum absolute atomic E-state index is 9.85. The predicted octanol–water partition coefficient (Wildman–Crippen LogP) is 13.5. The number of hydrogen-bond acceptors (Lipinski definition) is 0. The van der Waals surface area contributed by atoms with Crippen molar-refractivity contribution < 1.29 is 11.0 Å². The molecule has 2 heterocycles. The van der Waals surface area contributed by atoms with Crippen molar-refractivity contribution in [1.82, 2.24) is 9.13 Å². The fourth-order valence-electron chi connectivity index (χ4n) is 8.67. The number of aromatic nitrogens is 2. The Bertz CT molecular complexity index is 3520. The van der Waals surface area contributed by atoms with Gasteiger partial charge in [-0.2, -0.15) is 0 Å². The molecule has 2 nitrogen and oxygen atoms in total. The summed E-state index contributed by atoms with van der Waals surface area (Å²) in [6, 6.07) is 42.8. The molecule has 0 unspecified atom stereocenters. The molecule has 0 saturated carbocycles. The minimum Gasteiger partial charge on any atom is -0.309 e. The van der Waals surface area contributed by atoms with Crippen LogP contribution >= 0.6 is 0 Å². The monoisotopic (exact) mass is 684 g/mol. The van der Waals surface area contributed by atoms with Crippen LogP contribution in [0.5, 0.6) is 0 Å². The van der Waals surface area contributed by atoms with Crippen molar-refractivity contribution in [3.05, 3.63) is 193 Å². The lowest BCUT2D eigenvalue weighted by Crippen LogP contribution is -2.15. The zero-order chi connectivity index (χ0) is 42.2. The molecule has 8 aromatic carbocycles. The van der Waals surface area contributed by atoms with E-state index in [1.54, 1.807) is 0 Å². The minimum absolute atomic E-state index is 0.0233. The molecule has 0 aliphatic heterocycles. The van der Waals surface area contributed by atoms with E-state index in [-0.39, 0.29) is 47.9 Å². The van der Waals surface area contributed by atoms with E-state index in [1.807, 2.05) is 95.6 Å². The van der Waals surface area contributed by atoms with Crippen LogP contribution in [0.15, 0.2) is 182 Å². The van der Waals surface area contributed by atoms with Crippen molar-refractivity contribution in [2.24, 2.45) is 0 Å². The highest BCUT2D eigenvalue weighted by atomic mass is 15.0. The van der Waals surface area contributed by atoms with Crippen LogP contribution in [-0.4, -0.2) is 9.13 Å². The number of nitrogens with zero attached hydrogens (tertiary/aromatic N) is 2. The number of para-hydroxylation sites is 3. The maximum atomic E-state index is 9.85. The first kappa shape index (κ1) is 23.0. The van der Waals surface area contributed by atoms with Gasteiger partial charge in [-0.15, -0.1) is 0 Å². The van der Waals surface area contributed by atoms with E-state index in [2.05, 4.69) is 60.9 Å². The third kappa shape index (κ3) is 4.33. The van der Waals surface area contributed by atoms with Crippen LogP contribution in [0.4, 0.5) is 0 Å². The summed E-state index contributed by atoms with van der Waals surface area (Å²) >= 11 is 0. The van der Waals surface area contributed by atoms with E-state index in [0.717, 1.165) is 66.3 Å². The van der Waals surface area contributed by atoms with Crippen molar-refractivity contribution in [3.8, 4) is 44.8 Å². The van der Waals surface area contributed by atoms with Gasteiger partial charge in [-0.1, -0.05) is 135 Å². The van der Waals surface area contributed by atoms with E-state index < -0.39 is 11.5 Å². The molecule has 1 aliphatic rings. The lowest BCUT2D eigenvalue weighted by Gasteiger charge is -2.22. The molecular formula is C51H36N2. The fraction of sp³-hybridized carbons (Fsp3) is 0.0588. The van der Waals surface area contributed by atoms with Crippen LogP contribution in [0, 0.1) is 0 Å². The molecular weight excluding hydrogens is 641 g/mol. The summed E-state index contributed by atoms with van der Waals surface area (Å²) in [6.07, 6.45) is 0. The van der Waals surface area contributed by atoms with Gasteiger partial charge in [0.2, 0.25) is 0 Å². The Morgan fingerprint density at radius 1 is 0.434 bits per heavy atom. The van der Waals surface area contributed by atoms with Gasteiger partial charge >= 0.3 is 0 Å². The Hall–Kier alpha value is -6.64. The Morgan fingerprint density at radius 2 is 1.13 bits per heavy atom. The lowest BCUT2D eigenvalue weighted by molar-refractivity contribution is 0.660. The summed E-state index contributed by atoms with van der Waals surface area (Å²) in [7, 11) is 0. The second-order valence-electron chi connectivity index (χ2n) is 14.3. The van der Waals surface area contributed by atoms with E-state index in [0.29, 0.717) is 27.6 Å². The molecule has 2 aromatic heterocycles. The zero-order valence-electron chi connectivity index (χ0n) is 37.1. The van der Waals surface area contributed by atoms with Gasteiger partial charge in [0.05, 0.1) is 33.0 Å². The van der Waals surface area contributed by atoms with E-state index in [4.69, 9.17) is 6.85 Å². The second-order valence-corrected chi connectivity index (χ2v) is 14.3. The highest BCUT2D eigenvalue weighted by Gasteiger charge is 2.37. The summed E-state index contributed by atoms with van der Waals surface area (Å²) in [6.45, 7) is 4.25. The first-order valence-electron chi connectivity index (χ1n) is 21.9. The van der Waals surface area contributed by atoms with Crippen LogP contribution in [-0.2, 0) is 5.41 Å². The average Bonchev–Trinajstić information content (AvgIpc) is 3.88. The van der Waals surface area contributed by atoms with Gasteiger partial charge < -0.3 is 9.13 Å². The lowest BCUT2D eigenvalue weighted by atomic mass is 9.82. The number of fused-ring (bicyclic) bond motifs is 9. The first-order chi connectivity index (χ1) is 29.4. The molecule has 0 N–H and O–H groups in total. The smallest absolute Gasteiger partial charge is 0.0645 e. The maximum Gasteiger partial charge on any atom is 0.0645 e. The Labute approximate surface area is 320 Å². The van der Waals surface area contributed by atoms with Gasteiger partial charge in [-0.3, -0.25) is 0 Å². The molecule has 11 rings (SSSR count). The van der Waals surface area contributed by atoms with Crippen molar-refractivity contribution in [2.75, 3.05) is 0 Å². The molecule has 0 atom stereocenters. The second kappa shape index (κ2) is 11.2. The highest BCUT2D eigenvalue weighted by molar-refractivity contribution is 6.12. The molecule has 0 amide bonds. The van der Waals surface area contributed by atoms with Gasteiger partial charge in [-0.25, -0.2) is 0 Å². The molecule has 0 radical (unpaired) electrons. The molecule has 10 aromatic rings. The van der Waals surface area contributed by atoms with Crippen LogP contribution in [0.1, 0.15) is 35.9 Å². The molecule has 2 heteroatoms. The third-order valence-corrected chi connectivity index (χ3v) is 11.1. The number of benzene rings is 8. The normalized spacial score (nSPS) is 15.4. The molecule has 0 fully saturated rings. The molecule has 53 heavy (non-hydrogen) atoms. The topological polar surface area (TPSA) is 9.86 Å². The van der Waals surface area contributed by atoms with Crippen molar-refractivity contribution >= 4 is 43.6 Å². The van der Waals surface area contributed by atoms with Crippen LogP contribution < -0.4 is 0 Å². The summed E-state index contributed by atoms with van der Waals surface area (Å²) in [4.78, 5) is 0. The van der Waals surface area contributed by atoms with Gasteiger partial charge in [0, 0.05) is 38.3 Å². The number of rotatable bonds is 4. The summed E-state index contributed by atoms with van der Waals surface area (Å²) < 4.78 is 75.9. The quantitative estimate of drug-likeness (QED) is 0.175. The SMILES string of the molecule is [2H]c1c([2H])c([2H])c(-c2cccc3c2-c2ccc(-n4c5ccccc5c5c([2H])c(-c6ccc7c(c6)c6ccccc6n7-c6ccccc6)c([2H])c([2H])c54)cc2C3(C)C)c([2H])c1[2H]. The van der Waals surface area contributed by atoms with E-state index >= 15 is 0 Å². The number of hydrogen-bond donors (Lipinski definition) is 0. The standard InChI is InChI=1S/C51H36N2/c1-51(2)44-21-13-20-38(33-14-5-3-6-15-33)50(44)41-27-26-37(32-45(41)51)53-47-23-12-10-19-40(47)43-31-35(25-29-49(43)53)34-24-28-48-42(30-34)39-18-9-11-22-46(39)52(48)36-16-7-4-8-17-36/h3-32H,1-2H3/i3D,5D,6D,14D,15D,25D,29D,31D. The van der Waals surface area contributed by atoms with Crippen LogP contribution in [0.25, 0.3) is 88.4 Å². The van der Waals surface area contributed by atoms with Crippen LogP contribution in [0.2, 0.25) is 0 Å². The predicted molar refractivity (Wildman–Crippen MR) is 224 cm³/mol. The van der Waals surface area contributed by atoms with Gasteiger partial charge in [0.25, 0.3) is 0 Å². The average molecular weight is 685 g/mol.